The summed E-state index contributed by atoms with van der Waals surface area (Å²) in [5, 5.41) is 0. The first kappa shape index (κ1) is 7.60. The van der Waals surface area contributed by atoms with Gasteiger partial charge in [0.15, 0.2) is 0 Å². The summed E-state index contributed by atoms with van der Waals surface area (Å²) in [7, 11) is 0. The molecule has 8 heavy (non-hydrogen) atoms. The highest BCUT2D eigenvalue weighted by Crippen LogP contribution is 2.28. The van der Waals surface area contributed by atoms with Crippen molar-refractivity contribution < 1.29 is 0 Å². The van der Waals surface area contributed by atoms with Gasteiger partial charge in [-0.2, -0.15) is 0 Å². The van der Waals surface area contributed by atoms with Gasteiger partial charge in [-0.3, -0.25) is 0 Å². The van der Waals surface area contributed by atoms with Crippen LogP contribution in [0.1, 0.15) is 32.1 Å². The first-order valence-corrected chi connectivity index (χ1v) is 9.42. The molecular formula is C6H11IMg. The SMILES string of the molecule is [I][Mg][CH]1CCCCC1. The standard InChI is InChI=1S/C6H11.HI.Mg/c1-2-4-6-5-3-1;;/h1H,2-6H2;1H;/q;;+1/p-1. The fourth-order valence-electron chi connectivity index (χ4n) is 1.34. The van der Waals surface area contributed by atoms with Crippen molar-refractivity contribution in [2.45, 2.75) is 36.2 Å². The van der Waals surface area contributed by atoms with Gasteiger partial charge < -0.3 is 18.9 Å². The second kappa shape index (κ2) is 4.33. The molecule has 0 radical (unpaired) electrons. The Labute approximate surface area is 70.9 Å². The van der Waals surface area contributed by atoms with Crippen LogP contribution in [0, 0.1) is 0 Å². The highest BCUT2D eigenvalue weighted by Gasteiger charge is 2.12. The molecule has 0 heterocycles. The largest absolute Gasteiger partial charge is 0.467 e. The molecule has 1 aliphatic rings. The van der Waals surface area contributed by atoms with E-state index < -0.39 is 0 Å². The summed E-state index contributed by atoms with van der Waals surface area (Å²) < 4.78 is 1.21. The molecule has 2 heteroatoms. The molecule has 0 amide bonds. The molecule has 0 bridgehead atoms. The minimum absolute atomic E-state index is 0.338. The van der Waals surface area contributed by atoms with Crippen LogP contribution in [0.3, 0.4) is 0 Å². The summed E-state index contributed by atoms with van der Waals surface area (Å²) in [6.45, 7) is 0. The zero-order valence-corrected chi connectivity index (χ0v) is 8.77. The molecule has 44 valence electrons. The third kappa shape index (κ3) is 2.39. The smallest absolute Gasteiger partial charge is 0.301 e. The fourth-order valence-corrected chi connectivity index (χ4v) is 4.87. The number of rotatable bonds is 1. The maximum absolute atomic E-state index is 2.65. The Hall–Kier alpha value is 1.50. The highest BCUT2D eigenvalue weighted by molar-refractivity contribution is 14.1. The molecule has 1 aliphatic carbocycles. The van der Waals surface area contributed by atoms with Gasteiger partial charge in [0.25, 0.3) is 0 Å². The molecule has 1 fully saturated rings. The van der Waals surface area contributed by atoms with Gasteiger partial charge in [-0.15, -0.1) is 4.05 Å². The lowest BCUT2D eigenvalue weighted by atomic mass is 10.00. The Morgan fingerprint density at radius 3 is 2.12 bits per heavy atom. The quantitative estimate of drug-likeness (QED) is 0.483. The van der Waals surface area contributed by atoms with E-state index in [2.05, 4.69) is 18.9 Å². The lowest BCUT2D eigenvalue weighted by Crippen LogP contribution is -2.02. The van der Waals surface area contributed by atoms with E-state index in [-0.39, 0.29) is 0 Å². The van der Waals surface area contributed by atoms with Crippen molar-refractivity contribution in [3.8, 4) is 0 Å². The van der Waals surface area contributed by atoms with Crippen LogP contribution in [0.2, 0.25) is 4.05 Å². The number of hydrogen-bond donors (Lipinski definition) is 0. The molecule has 0 spiro atoms. The van der Waals surface area contributed by atoms with Crippen LogP contribution >= 0.6 is 18.9 Å². The van der Waals surface area contributed by atoms with Crippen LogP contribution < -0.4 is 0 Å². The van der Waals surface area contributed by atoms with Gasteiger partial charge in [-0.25, -0.2) is 0 Å². The van der Waals surface area contributed by atoms with E-state index in [1.54, 1.807) is 12.8 Å². The molecule has 0 aliphatic heterocycles. The van der Waals surface area contributed by atoms with Crippen molar-refractivity contribution in [2.75, 3.05) is 0 Å². The van der Waals surface area contributed by atoms with E-state index in [0.29, 0.717) is 16.5 Å². The Kier molecular flexibility index (Phi) is 4.12. The van der Waals surface area contributed by atoms with Crippen molar-refractivity contribution >= 4 is 35.3 Å². The molecule has 0 aromatic rings. The summed E-state index contributed by atoms with van der Waals surface area (Å²) in [5.74, 6) is 0. The van der Waals surface area contributed by atoms with Crippen molar-refractivity contribution in [2.24, 2.45) is 0 Å². The Balaban J connectivity index is 2.13. The molecule has 0 aromatic heterocycles. The Bertz CT molecular complexity index is 59.5. The van der Waals surface area contributed by atoms with E-state index in [1.807, 2.05) is 0 Å². The van der Waals surface area contributed by atoms with Crippen LogP contribution in [0.15, 0.2) is 0 Å². The number of hydrogen-bond acceptors (Lipinski definition) is 0. The molecule has 0 unspecified atom stereocenters. The molecule has 1 saturated carbocycles. The molecule has 0 saturated heterocycles. The summed E-state index contributed by atoms with van der Waals surface area (Å²) >= 11 is 2.98. The minimum Gasteiger partial charge on any atom is -0.301 e. The second-order valence-electron chi connectivity index (χ2n) is 2.66. The van der Waals surface area contributed by atoms with Crippen LogP contribution in [0.5, 0.6) is 0 Å². The van der Waals surface area contributed by atoms with Gasteiger partial charge in [-0.1, -0.05) is 32.1 Å². The van der Waals surface area contributed by atoms with Gasteiger partial charge in [0.05, 0.1) is 0 Å². The van der Waals surface area contributed by atoms with Gasteiger partial charge in [-0.05, 0) is 0 Å². The average Bonchev–Trinajstić information content (AvgIpc) is 1.90. The maximum Gasteiger partial charge on any atom is 0.467 e. The zero-order chi connectivity index (χ0) is 5.82. The first-order valence-electron chi connectivity index (χ1n) is 3.49. The summed E-state index contributed by atoms with van der Waals surface area (Å²) in [4.78, 5) is 0. The van der Waals surface area contributed by atoms with Gasteiger partial charge in [0, 0.05) is 0 Å². The van der Waals surface area contributed by atoms with Crippen molar-refractivity contribution in [1.29, 1.82) is 0 Å². The molecule has 0 N–H and O–H groups in total. The third-order valence-corrected chi connectivity index (χ3v) is 6.93. The van der Waals surface area contributed by atoms with Gasteiger partial charge >= 0.3 is 16.5 Å². The second-order valence-corrected chi connectivity index (χ2v) is 6.76. The summed E-state index contributed by atoms with van der Waals surface area (Å²) in [6, 6.07) is 0. The predicted molar refractivity (Wildman–Crippen MR) is 46.6 cm³/mol. The van der Waals surface area contributed by atoms with E-state index in [4.69, 9.17) is 0 Å². The normalized spacial score (nSPS) is 22.6. The molecular weight excluding hydrogens is 223 g/mol. The molecule has 0 atom stereocenters. The van der Waals surface area contributed by atoms with E-state index >= 15 is 0 Å². The Morgan fingerprint density at radius 1 is 1.12 bits per heavy atom. The first-order chi connectivity index (χ1) is 3.93. The van der Waals surface area contributed by atoms with Crippen molar-refractivity contribution in [3.63, 3.8) is 0 Å². The predicted octanol–water partition coefficient (Wildman–Crippen LogP) is 2.79. The average molecular weight is 234 g/mol. The maximum atomic E-state index is 2.65. The third-order valence-electron chi connectivity index (χ3n) is 1.94. The topological polar surface area (TPSA) is 0 Å². The lowest BCUT2D eigenvalue weighted by molar-refractivity contribution is 0.504. The van der Waals surface area contributed by atoms with E-state index in [9.17, 15) is 0 Å². The highest BCUT2D eigenvalue weighted by atomic mass is 127. The van der Waals surface area contributed by atoms with Crippen LogP contribution in [0.4, 0.5) is 0 Å². The van der Waals surface area contributed by atoms with Crippen LogP contribution in [-0.4, -0.2) is 16.5 Å². The van der Waals surface area contributed by atoms with Gasteiger partial charge in [0.2, 0.25) is 0 Å². The molecule has 0 nitrogen and oxygen atoms in total. The monoisotopic (exact) mass is 234 g/mol. The van der Waals surface area contributed by atoms with E-state index in [1.165, 1.54) is 23.3 Å². The number of halogens is 1. The zero-order valence-electron chi connectivity index (χ0n) is 5.20. The lowest BCUT2D eigenvalue weighted by Gasteiger charge is -2.18. The molecule has 1 rings (SSSR count). The molecule has 0 aromatic carbocycles. The van der Waals surface area contributed by atoms with Crippen molar-refractivity contribution in [3.05, 3.63) is 0 Å². The fraction of sp³-hybridized carbons (Fsp3) is 1.00. The van der Waals surface area contributed by atoms with Crippen molar-refractivity contribution in [1.82, 2.24) is 0 Å². The van der Waals surface area contributed by atoms with Crippen LogP contribution in [0.25, 0.3) is 0 Å². The summed E-state index contributed by atoms with van der Waals surface area (Å²) in [5.41, 5.74) is 0. The van der Waals surface area contributed by atoms with Gasteiger partial charge in [0.1, 0.15) is 0 Å². The van der Waals surface area contributed by atoms with E-state index in [0.717, 1.165) is 0 Å². The summed E-state index contributed by atoms with van der Waals surface area (Å²) in [6.07, 6.45) is 7.70. The minimum atomic E-state index is 0.338. The Morgan fingerprint density at radius 2 is 1.75 bits per heavy atom. The van der Waals surface area contributed by atoms with Crippen LogP contribution in [-0.2, 0) is 0 Å².